The van der Waals surface area contributed by atoms with Gasteiger partial charge in [0.2, 0.25) is 0 Å². The van der Waals surface area contributed by atoms with Crippen LogP contribution in [0.2, 0.25) is 5.02 Å². The van der Waals surface area contributed by atoms with Gasteiger partial charge in [-0.15, -0.1) is 11.3 Å². The van der Waals surface area contributed by atoms with Gasteiger partial charge in [-0.05, 0) is 23.2 Å². The number of benzene rings is 1. The first kappa shape index (κ1) is 26.5. The monoisotopic (exact) mass is 578 g/mol. The molecule has 3 aromatic rings. The summed E-state index contributed by atoms with van der Waals surface area (Å²) < 4.78 is 51.2. The summed E-state index contributed by atoms with van der Waals surface area (Å²) in [5.41, 5.74) is 9.77. The molecule has 0 aliphatic carbocycles. The van der Waals surface area contributed by atoms with Gasteiger partial charge in [-0.3, -0.25) is 4.99 Å². The maximum atomic E-state index is 14.0. The predicted octanol–water partition coefficient (Wildman–Crippen LogP) is 5.98. The largest absolute Gasteiger partial charge is 0.507 e. The van der Waals surface area contributed by atoms with Gasteiger partial charge in [0.1, 0.15) is 24.0 Å². The van der Waals surface area contributed by atoms with E-state index in [-0.39, 0.29) is 24.6 Å². The van der Waals surface area contributed by atoms with E-state index in [4.69, 9.17) is 21.3 Å². The highest BCUT2D eigenvalue weighted by Gasteiger charge is 2.48. The fourth-order valence-corrected chi connectivity index (χ4v) is 5.52. The molecule has 4 heterocycles. The van der Waals surface area contributed by atoms with Gasteiger partial charge in [-0.25, -0.2) is 18.9 Å². The van der Waals surface area contributed by atoms with Crippen molar-refractivity contribution in [3.8, 4) is 0 Å². The Balaban J connectivity index is 1.74. The van der Waals surface area contributed by atoms with E-state index in [0.29, 0.717) is 37.9 Å². The second kappa shape index (κ2) is 10.6. The van der Waals surface area contributed by atoms with Crippen LogP contribution < -0.4 is 0 Å². The molecule has 202 valence electrons. The third-order valence-corrected chi connectivity index (χ3v) is 7.34. The zero-order chi connectivity index (χ0) is 27.7. The average Bonchev–Trinajstić information content (AvgIpc) is 3.67. The standard InChI is InChI=1S/C23H18ClF3N8O3S/c1-37-22(36)38-11-23(32-33-28)7-16-17(12-8-30-35(9-12)21(26)27)18(14-3-2-13(25)6-15(14)24)31-19(34(16)10-23)20-29-4-5-39-20/h2-6,8-9,18,21H,7,10-11H2,1H3/t18-,23-/m0/s1. The molecule has 0 spiro atoms. The molecule has 2 aromatic heterocycles. The van der Waals surface area contributed by atoms with E-state index in [1.54, 1.807) is 16.5 Å². The molecule has 0 saturated carbocycles. The maximum Gasteiger partial charge on any atom is 0.507 e. The molecule has 0 unspecified atom stereocenters. The minimum atomic E-state index is -2.90. The van der Waals surface area contributed by atoms with Gasteiger partial charge in [0, 0.05) is 57.5 Å². The van der Waals surface area contributed by atoms with Crippen LogP contribution in [-0.4, -0.2) is 57.5 Å². The Morgan fingerprint density at radius 2 is 2.26 bits per heavy atom. The number of rotatable bonds is 7. The zero-order valence-electron chi connectivity index (χ0n) is 20.0. The number of aliphatic imine (C=N–C) groups is 1. The maximum absolute atomic E-state index is 14.0. The third kappa shape index (κ3) is 5.03. The number of alkyl halides is 2. The number of carbonyl (C=O) groups excluding carboxylic acids is 1. The molecule has 0 N–H and O–H groups in total. The van der Waals surface area contributed by atoms with Gasteiger partial charge in [-0.2, -0.15) is 13.9 Å². The van der Waals surface area contributed by atoms with Crippen molar-refractivity contribution in [1.29, 1.82) is 0 Å². The van der Waals surface area contributed by atoms with Crippen LogP contribution in [0, 0.1) is 5.82 Å². The van der Waals surface area contributed by atoms with Gasteiger partial charge in [-0.1, -0.05) is 22.8 Å². The Kier molecular flexibility index (Phi) is 7.21. The van der Waals surface area contributed by atoms with Crippen molar-refractivity contribution < 1.29 is 27.4 Å². The van der Waals surface area contributed by atoms with E-state index >= 15 is 0 Å². The minimum absolute atomic E-state index is 0.0259. The van der Waals surface area contributed by atoms with Crippen molar-refractivity contribution in [2.45, 2.75) is 24.6 Å². The first-order valence-electron chi connectivity index (χ1n) is 11.3. The number of amidine groups is 1. The minimum Gasteiger partial charge on any atom is -0.438 e. The number of fused-ring (bicyclic) bond motifs is 1. The summed E-state index contributed by atoms with van der Waals surface area (Å²) in [5, 5.41) is 10.1. The highest BCUT2D eigenvalue weighted by Crippen LogP contribution is 2.49. The molecule has 0 amide bonds. The van der Waals surface area contributed by atoms with Crippen LogP contribution in [0.15, 0.2) is 58.0 Å². The summed E-state index contributed by atoms with van der Waals surface area (Å²) in [4.78, 5) is 25.8. The van der Waals surface area contributed by atoms with Crippen LogP contribution in [0.3, 0.4) is 0 Å². The fraction of sp³-hybridized carbons (Fsp3) is 0.304. The lowest BCUT2D eigenvalue weighted by Gasteiger charge is -2.32. The molecule has 1 aromatic carbocycles. The summed E-state index contributed by atoms with van der Waals surface area (Å²) in [6, 6.07) is 2.94. The lowest BCUT2D eigenvalue weighted by atomic mass is 9.89. The number of methoxy groups -OCH3 is 1. The molecular weight excluding hydrogens is 561 g/mol. The first-order valence-corrected chi connectivity index (χ1v) is 12.5. The number of nitrogens with zero attached hydrogens (tertiary/aromatic N) is 8. The summed E-state index contributed by atoms with van der Waals surface area (Å²) >= 11 is 7.75. The smallest absolute Gasteiger partial charge is 0.438 e. The molecule has 39 heavy (non-hydrogen) atoms. The van der Waals surface area contributed by atoms with Crippen molar-refractivity contribution in [2.24, 2.45) is 10.1 Å². The normalized spacial score (nSPS) is 20.5. The fourth-order valence-electron chi connectivity index (χ4n) is 4.61. The van der Waals surface area contributed by atoms with Crippen LogP contribution in [-0.2, 0) is 9.47 Å². The van der Waals surface area contributed by atoms with Crippen LogP contribution in [0.25, 0.3) is 16.0 Å². The molecule has 11 nitrogen and oxygen atoms in total. The second-order valence-corrected chi connectivity index (χ2v) is 9.93. The SMILES string of the molecule is COC(=O)OC[C@]1(N=[N+]=[N-])CC2=C(c3cnn(C(F)F)c3)[C@H](c3ccc(F)cc3Cl)N=C(c3nccs3)N2C1. The van der Waals surface area contributed by atoms with Gasteiger partial charge in [0.05, 0.1) is 13.3 Å². The van der Waals surface area contributed by atoms with Gasteiger partial charge < -0.3 is 14.4 Å². The van der Waals surface area contributed by atoms with Crippen molar-refractivity contribution in [3.63, 3.8) is 0 Å². The van der Waals surface area contributed by atoms with Crippen molar-refractivity contribution >= 4 is 40.5 Å². The number of aromatic nitrogens is 3. The zero-order valence-corrected chi connectivity index (χ0v) is 21.6. The molecule has 2 aliphatic rings. The first-order chi connectivity index (χ1) is 18.7. The summed E-state index contributed by atoms with van der Waals surface area (Å²) in [6.07, 6.45) is 3.08. The lowest BCUT2D eigenvalue weighted by Crippen LogP contribution is -2.39. The van der Waals surface area contributed by atoms with Crippen LogP contribution >= 0.6 is 22.9 Å². The molecule has 0 bridgehead atoms. The predicted molar refractivity (Wildman–Crippen MR) is 135 cm³/mol. The van der Waals surface area contributed by atoms with Crippen molar-refractivity contribution in [3.05, 3.63) is 85.3 Å². The number of azide groups is 1. The average molecular weight is 579 g/mol. The van der Waals surface area contributed by atoms with Gasteiger partial charge in [0.25, 0.3) is 0 Å². The number of thiazole rings is 1. The molecule has 16 heteroatoms. The second-order valence-electron chi connectivity index (χ2n) is 8.62. The van der Waals surface area contributed by atoms with E-state index < -0.39 is 30.1 Å². The number of halogens is 4. The van der Waals surface area contributed by atoms with Gasteiger partial charge in [0.15, 0.2) is 10.8 Å². The Labute approximate surface area is 227 Å². The van der Waals surface area contributed by atoms with E-state index in [1.165, 1.54) is 29.7 Å². The Bertz CT molecular complexity index is 1520. The highest BCUT2D eigenvalue weighted by atomic mass is 35.5. The molecule has 2 aliphatic heterocycles. The quantitative estimate of drug-likeness (QED) is 0.147. The van der Waals surface area contributed by atoms with Crippen LogP contribution in [0.1, 0.15) is 35.1 Å². The number of hydrogen-bond acceptors (Lipinski definition) is 9. The van der Waals surface area contributed by atoms with Crippen molar-refractivity contribution in [1.82, 2.24) is 19.7 Å². The number of carbonyl (C=O) groups is 1. The molecule has 2 atom stereocenters. The van der Waals surface area contributed by atoms with Crippen LogP contribution in [0.4, 0.5) is 18.0 Å². The molecular formula is C23H18ClF3N8O3S. The summed E-state index contributed by atoms with van der Waals surface area (Å²) in [7, 11) is 1.14. The van der Waals surface area contributed by atoms with E-state index in [9.17, 15) is 23.5 Å². The summed E-state index contributed by atoms with van der Waals surface area (Å²) in [5.74, 6) is -0.170. The summed E-state index contributed by atoms with van der Waals surface area (Å²) in [6.45, 7) is -3.20. The highest BCUT2D eigenvalue weighted by molar-refractivity contribution is 7.11. The number of ether oxygens (including phenoxy) is 2. The van der Waals surface area contributed by atoms with E-state index in [2.05, 4.69) is 24.8 Å². The lowest BCUT2D eigenvalue weighted by molar-refractivity contribution is 0.0557. The number of hydrogen-bond donors (Lipinski definition) is 0. The third-order valence-electron chi connectivity index (χ3n) is 6.24. The van der Waals surface area contributed by atoms with E-state index in [0.717, 1.165) is 19.4 Å². The van der Waals surface area contributed by atoms with Gasteiger partial charge >= 0.3 is 12.7 Å². The molecule has 0 radical (unpaired) electrons. The topological polar surface area (TPSA) is 131 Å². The molecule has 5 rings (SSSR count). The Morgan fingerprint density at radius 1 is 1.44 bits per heavy atom. The molecule has 1 saturated heterocycles. The van der Waals surface area contributed by atoms with Crippen LogP contribution in [0.5, 0.6) is 0 Å². The van der Waals surface area contributed by atoms with Crippen molar-refractivity contribution in [2.75, 3.05) is 20.3 Å². The Hall–Kier alpha value is -4.07. The molecule has 1 fully saturated rings. The Morgan fingerprint density at radius 3 is 2.90 bits per heavy atom. The van der Waals surface area contributed by atoms with E-state index in [1.807, 2.05) is 0 Å².